The van der Waals surface area contributed by atoms with Crippen molar-refractivity contribution in [1.29, 1.82) is 0 Å². The van der Waals surface area contributed by atoms with Crippen molar-refractivity contribution in [2.24, 2.45) is 0 Å². The van der Waals surface area contributed by atoms with Gasteiger partial charge in [0.1, 0.15) is 0 Å². The minimum absolute atomic E-state index is 0.185. The number of benzene rings is 1. The average molecular weight is 258 g/mol. The van der Waals surface area contributed by atoms with E-state index in [0.29, 0.717) is 11.4 Å². The summed E-state index contributed by atoms with van der Waals surface area (Å²) in [6.07, 6.45) is 2.78. The lowest BCUT2D eigenvalue weighted by Crippen LogP contribution is -2.27. The van der Waals surface area contributed by atoms with Crippen molar-refractivity contribution in [2.45, 2.75) is 0 Å². The predicted molar refractivity (Wildman–Crippen MR) is 73.0 cm³/mol. The molecule has 19 heavy (non-hydrogen) atoms. The Morgan fingerprint density at radius 2 is 1.95 bits per heavy atom. The van der Waals surface area contributed by atoms with Crippen LogP contribution in [0, 0.1) is 0 Å². The molecule has 0 aliphatic heterocycles. The molecule has 1 heterocycles. The Kier molecular flexibility index (Phi) is 3.61. The van der Waals surface area contributed by atoms with Crippen molar-refractivity contribution in [1.82, 2.24) is 14.9 Å². The monoisotopic (exact) mass is 258 g/mol. The number of hydrogen-bond acceptors (Lipinski definition) is 3. The Balaban J connectivity index is 2.16. The number of nitrogens with zero attached hydrogens (tertiary/aromatic N) is 2. The summed E-state index contributed by atoms with van der Waals surface area (Å²) in [7, 11) is 3.35. The predicted octanol–water partition coefficient (Wildman–Crippen LogP) is 1.53. The van der Waals surface area contributed by atoms with Gasteiger partial charge in [-0.3, -0.25) is 4.79 Å². The highest BCUT2D eigenvalue weighted by atomic mass is 16.2. The Labute approximate surface area is 110 Å². The molecule has 0 unspecified atom stereocenters. The van der Waals surface area contributed by atoms with Gasteiger partial charge >= 0.3 is 6.03 Å². The molecule has 1 aromatic heterocycles. The molecule has 0 bridgehead atoms. The third-order valence-corrected chi connectivity index (χ3v) is 2.51. The maximum Gasteiger partial charge on any atom is 0.321 e. The second kappa shape index (κ2) is 5.34. The number of nitrogens with one attached hydrogen (secondary N) is 2. The normalized spacial score (nSPS) is 10.0. The lowest BCUT2D eigenvalue weighted by molar-refractivity contribution is 0.230. The Morgan fingerprint density at radius 1 is 1.26 bits per heavy atom. The third kappa shape index (κ3) is 3.19. The van der Waals surface area contributed by atoms with E-state index >= 15 is 0 Å². The van der Waals surface area contributed by atoms with Crippen LogP contribution >= 0.6 is 0 Å². The van der Waals surface area contributed by atoms with E-state index in [1.54, 1.807) is 32.4 Å². The van der Waals surface area contributed by atoms with Gasteiger partial charge in [-0.05, 0) is 12.1 Å². The molecular formula is C13H14N4O2. The van der Waals surface area contributed by atoms with Crippen molar-refractivity contribution in [2.75, 3.05) is 19.4 Å². The maximum absolute atomic E-state index is 11.5. The van der Waals surface area contributed by atoms with Crippen LogP contribution in [0.25, 0.3) is 11.3 Å². The van der Waals surface area contributed by atoms with Gasteiger partial charge in [0, 0.05) is 31.5 Å². The van der Waals surface area contributed by atoms with Crippen molar-refractivity contribution in [3.05, 3.63) is 47.0 Å². The van der Waals surface area contributed by atoms with E-state index in [4.69, 9.17) is 0 Å². The zero-order valence-electron chi connectivity index (χ0n) is 10.7. The summed E-state index contributed by atoms with van der Waals surface area (Å²) in [4.78, 5) is 30.4. The highest BCUT2D eigenvalue weighted by molar-refractivity contribution is 5.89. The fourth-order valence-corrected chi connectivity index (χ4v) is 1.46. The van der Waals surface area contributed by atoms with Crippen molar-refractivity contribution >= 4 is 11.7 Å². The van der Waals surface area contributed by atoms with Crippen LogP contribution in [0.1, 0.15) is 0 Å². The lowest BCUT2D eigenvalue weighted by atomic mass is 10.1. The molecule has 0 aliphatic rings. The van der Waals surface area contributed by atoms with Gasteiger partial charge in [0.15, 0.2) is 0 Å². The summed E-state index contributed by atoms with van der Waals surface area (Å²) in [5.74, 6) is 0. The molecular weight excluding hydrogens is 244 g/mol. The second-order valence-corrected chi connectivity index (χ2v) is 4.20. The van der Waals surface area contributed by atoms with Crippen LogP contribution in [0.15, 0.2) is 41.5 Å². The number of aromatic nitrogens is 2. The first kappa shape index (κ1) is 12.8. The molecule has 2 N–H and O–H groups in total. The van der Waals surface area contributed by atoms with Gasteiger partial charge in [0.05, 0.1) is 11.9 Å². The first-order valence-corrected chi connectivity index (χ1v) is 5.70. The number of hydrogen-bond donors (Lipinski definition) is 2. The summed E-state index contributed by atoms with van der Waals surface area (Å²) < 4.78 is 0. The number of rotatable bonds is 2. The van der Waals surface area contributed by atoms with Crippen LogP contribution in [0.2, 0.25) is 0 Å². The minimum atomic E-state index is -0.237. The summed E-state index contributed by atoms with van der Waals surface area (Å²) in [6.45, 7) is 0. The van der Waals surface area contributed by atoms with Gasteiger partial charge in [-0.2, -0.15) is 0 Å². The van der Waals surface area contributed by atoms with Crippen LogP contribution in [-0.4, -0.2) is 35.0 Å². The summed E-state index contributed by atoms with van der Waals surface area (Å²) in [5, 5.41) is 2.74. The molecule has 0 aliphatic carbocycles. The number of aromatic amines is 1. The van der Waals surface area contributed by atoms with Gasteiger partial charge in [0.2, 0.25) is 0 Å². The van der Waals surface area contributed by atoms with Crippen LogP contribution in [-0.2, 0) is 0 Å². The van der Waals surface area contributed by atoms with E-state index in [9.17, 15) is 9.59 Å². The van der Waals surface area contributed by atoms with E-state index in [1.165, 1.54) is 11.1 Å². The molecule has 0 fully saturated rings. The van der Waals surface area contributed by atoms with Gasteiger partial charge in [-0.15, -0.1) is 0 Å². The van der Waals surface area contributed by atoms with Crippen LogP contribution in [0.3, 0.4) is 0 Å². The first-order valence-electron chi connectivity index (χ1n) is 5.70. The van der Waals surface area contributed by atoms with Crippen LogP contribution in [0.4, 0.5) is 10.5 Å². The minimum Gasteiger partial charge on any atom is -0.331 e. The highest BCUT2D eigenvalue weighted by Gasteiger charge is 2.04. The number of urea groups is 1. The third-order valence-electron chi connectivity index (χ3n) is 2.51. The molecule has 0 saturated heterocycles. The molecule has 0 atom stereocenters. The standard InChI is InChI=1S/C13H14N4O2/c1-17(2)13(19)16-10-5-3-9(4-6-10)11-7-15-12(18)8-14-11/h3-8H,1-2H3,(H,15,18)(H,16,19). The molecule has 2 amide bonds. The van der Waals surface area contributed by atoms with Gasteiger partial charge in [-0.25, -0.2) is 9.78 Å². The van der Waals surface area contributed by atoms with Crippen LogP contribution < -0.4 is 10.9 Å². The van der Waals surface area contributed by atoms with Gasteiger partial charge < -0.3 is 15.2 Å². The first-order chi connectivity index (χ1) is 9.06. The van der Waals surface area contributed by atoms with E-state index in [1.807, 2.05) is 12.1 Å². The largest absolute Gasteiger partial charge is 0.331 e. The molecule has 6 nitrogen and oxygen atoms in total. The van der Waals surface area contributed by atoms with E-state index in [2.05, 4.69) is 15.3 Å². The smallest absolute Gasteiger partial charge is 0.321 e. The SMILES string of the molecule is CN(C)C(=O)Nc1ccc(-c2c[nH]c(=O)cn2)cc1. The summed E-state index contributed by atoms with van der Waals surface area (Å²) in [6, 6.07) is 7.03. The zero-order chi connectivity index (χ0) is 13.8. The molecule has 98 valence electrons. The number of anilines is 1. The van der Waals surface area contributed by atoms with Crippen LogP contribution in [0.5, 0.6) is 0 Å². The molecule has 6 heteroatoms. The van der Waals surface area contributed by atoms with Crippen molar-refractivity contribution in [3.8, 4) is 11.3 Å². The zero-order valence-corrected chi connectivity index (χ0v) is 10.7. The van der Waals surface area contributed by atoms with Gasteiger partial charge in [-0.1, -0.05) is 12.1 Å². The van der Waals surface area contributed by atoms with E-state index < -0.39 is 0 Å². The molecule has 1 aromatic carbocycles. The Morgan fingerprint density at radius 3 is 2.47 bits per heavy atom. The van der Waals surface area contributed by atoms with Crippen molar-refractivity contribution in [3.63, 3.8) is 0 Å². The molecule has 0 radical (unpaired) electrons. The molecule has 0 spiro atoms. The molecule has 0 saturated carbocycles. The quantitative estimate of drug-likeness (QED) is 0.857. The second-order valence-electron chi connectivity index (χ2n) is 4.20. The molecule has 2 aromatic rings. The Bertz CT molecular complexity index is 611. The Hall–Kier alpha value is -2.63. The number of carbonyl (C=O) groups excluding carboxylic acids is 1. The highest BCUT2D eigenvalue weighted by Crippen LogP contribution is 2.18. The topological polar surface area (TPSA) is 78.1 Å². The lowest BCUT2D eigenvalue weighted by Gasteiger charge is -2.12. The van der Waals surface area contributed by atoms with Crippen molar-refractivity contribution < 1.29 is 4.79 Å². The maximum atomic E-state index is 11.5. The number of carbonyl (C=O) groups is 1. The average Bonchev–Trinajstić information content (AvgIpc) is 2.40. The summed E-state index contributed by atoms with van der Waals surface area (Å²) >= 11 is 0. The van der Waals surface area contributed by atoms with Gasteiger partial charge in [0.25, 0.3) is 5.56 Å². The number of H-pyrrole nitrogens is 1. The fourth-order valence-electron chi connectivity index (χ4n) is 1.46. The number of amides is 2. The van der Waals surface area contributed by atoms with E-state index in [0.717, 1.165) is 5.56 Å². The van der Waals surface area contributed by atoms with E-state index in [-0.39, 0.29) is 11.6 Å². The molecule has 2 rings (SSSR count). The summed E-state index contributed by atoms with van der Waals surface area (Å²) in [5.41, 5.74) is 2.00. The fraction of sp³-hybridized carbons (Fsp3) is 0.154.